The van der Waals surface area contributed by atoms with E-state index in [1.807, 2.05) is 14.1 Å². The molecule has 1 fully saturated rings. The minimum atomic E-state index is -3.12. The third-order valence-electron chi connectivity index (χ3n) is 3.79. The Kier molecular flexibility index (Phi) is 5.76. The third kappa shape index (κ3) is 5.22. The first-order valence-corrected chi connectivity index (χ1v) is 9.43. The molecule has 1 aliphatic heterocycles. The van der Waals surface area contributed by atoms with Crippen molar-refractivity contribution < 1.29 is 12.9 Å². The van der Waals surface area contributed by atoms with Crippen LogP contribution >= 0.6 is 0 Å². The van der Waals surface area contributed by atoms with Crippen molar-refractivity contribution in [2.24, 2.45) is 0 Å². The molecule has 1 unspecified atom stereocenters. The van der Waals surface area contributed by atoms with Crippen LogP contribution in [0.5, 0.6) is 0 Å². The van der Waals surface area contributed by atoms with Crippen LogP contribution in [0.4, 0.5) is 5.95 Å². The molecule has 8 nitrogen and oxygen atoms in total. The Morgan fingerprint density at radius 3 is 2.82 bits per heavy atom. The van der Waals surface area contributed by atoms with Gasteiger partial charge in [-0.3, -0.25) is 4.90 Å². The number of anilines is 1. The van der Waals surface area contributed by atoms with Gasteiger partial charge in [0.05, 0.1) is 12.8 Å². The summed E-state index contributed by atoms with van der Waals surface area (Å²) in [7, 11) is 0.618. The molecule has 0 saturated carbocycles. The van der Waals surface area contributed by atoms with Crippen molar-refractivity contribution in [1.82, 2.24) is 19.8 Å². The predicted octanol–water partition coefficient (Wildman–Crippen LogP) is 0.429. The second-order valence-electron chi connectivity index (χ2n) is 5.96. The van der Waals surface area contributed by atoms with Gasteiger partial charge in [0.25, 0.3) is 5.95 Å². The molecule has 0 radical (unpaired) electrons. The Balaban J connectivity index is 1.91. The van der Waals surface area contributed by atoms with Crippen molar-refractivity contribution in [2.75, 3.05) is 38.3 Å². The summed E-state index contributed by atoms with van der Waals surface area (Å²) in [4.78, 5) is 8.46. The van der Waals surface area contributed by atoms with Gasteiger partial charge in [-0.1, -0.05) is 6.42 Å². The number of piperidine rings is 1. The minimum Gasteiger partial charge on any atom is -0.344 e. The molecular weight excluding hydrogens is 306 g/mol. The molecule has 1 N–H and O–H groups in total. The quantitative estimate of drug-likeness (QED) is 0.774. The van der Waals surface area contributed by atoms with Gasteiger partial charge in [-0.05, 0) is 31.0 Å². The molecule has 126 valence electrons. The molecule has 0 bridgehead atoms. The topological polar surface area (TPSA) is 91.6 Å². The van der Waals surface area contributed by atoms with E-state index in [0.29, 0.717) is 31.0 Å². The second kappa shape index (κ2) is 7.38. The summed E-state index contributed by atoms with van der Waals surface area (Å²) >= 11 is 0. The molecule has 2 heterocycles. The average molecular weight is 331 g/mol. The van der Waals surface area contributed by atoms with Crippen LogP contribution in [-0.2, 0) is 16.6 Å². The molecule has 0 aromatic carbocycles. The summed E-state index contributed by atoms with van der Waals surface area (Å²) in [5.41, 5.74) is 0. The van der Waals surface area contributed by atoms with Gasteiger partial charge in [0.1, 0.15) is 0 Å². The SMILES string of the molecule is CN(C)c1noc(CN2CCCCC2CCNS(C)(=O)=O)n1. The molecule has 1 aromatic heterocycles. The number of aromatic nitrogens is 2. The summed E-state index contributed by atoms with van der Waals surface area (Å²) in [6, 6.07) is 0.345. The van der Waals surface area contributed by atoms with Gasteiger partial charge >= 0.3 is 0 Å². The first kappa shape index (κ1) is 17.2. The van der Waals surface area contributed by atoms with E-state index < -0.39 is 10.0 Å². The molecule has 9 heteroatoms. The zero-order valence-corrected chi connectivity index (χ0v) is 14.3. The van der Waals surface area contributed by atoms with E-state index in [-0.39, 0.29) is 0 Å². The maximum Gasteiger partial charge on any atom is 0.265 e. The zero-order valence-electron chi connectivity index (χ0n) is 13.4. The van der Waals surface area contributed by atoms with Crippen LogP contribution in [0.2, 0.25) is 0 Å². The number of nitrogens with one attached hydrogen (secondary N) is 1. The molecule has 0 amide bonds. The Morgan fingerprint density at radius 1 is 1.41 bits per heavy atom. The standard InChI is InChI=1S/C13H25N5O3S/c1-17(2)13-15-12(21-16-13)10-18-9-5-4-6-11(18)7-8-14-22(3,19)20/h11,14H,4-10H2,1-3H3. The van der Waals surface area contributed by atoms with Crippen molar-refractivity contribution in [3.05, 3.63) is 5.89 Å². The molecule has 0 aliphatic carbocycles. The van der Waals surface area contributed by atoms with Crippen LogP contribution in [0.1, 0.15) is 31.6 Å². The van der Waals surface area contributed by atoms with Gasteiger partial charge < -0.3 is 9.42 Å². The Bertz CT molecular complexity index is 572. The first-order chi connectivity index (χ1) is 10.3. The maximum absolute atomic E-state index is 11.1. The van der Waals surface area contributed by atoms with E-state index in [9.17, 15) is 8.42 Å². The number of sulfonamides is 1. The Morgan fingerprint density at radius 2 is 2.18 bits per heavy atom. The van der Waals surface area contributed by atoms with Crippen LogP contribution < -0.4 is 9.62 Å². The number of nitrogens with zero attached hydrogens (tertiary/aromatic N) is 4. The van der Waals surface area contributed by atoms with Gasteiger partial charge in [0.2, 0.25) is 15.9 Å². The van der Waals surface area contributed by atoms with Crippen LogP contribution in [0.3, 0.4) is 0 Å². The lowest BCUT2D eigenvalue weighted by atomic mass is 9.99. The van der Waals surface area contributed by atoms with Crippen molar-refractivity contribution in [3.63, 3.8) is 0 Å². The molecule has 1 atom stereocenters. The Hall–Kier alpha value is -1.19. The monoisotopic (exact) mass is 331 g/mol. The van der Waals surface area contributed by atoms with Crippen LogP contribution in [0.15, 0.2) is 4.52 Å². The summed E-state index contributed by atoms with van der Waals surface area (Å²) in [5.74, 6) is 1.17. The molecule has 2 rings (SSSR count). The zero-order chi connectivity index (χ0) is 16.2. The van der Waals surface area contributed by atoms with Crippen LogP contribution in [0.25, 0.3) is 0 Å². The third-order valence-corrected chi connectivity index (χ3v) is 4.52. The lowest BCUT2D eigenvalue weighted by Gasteiger charge is -2.34. The molecule has 1 saturated heterocycles. The van der Waals surface area contributed by atoms with Crippen molar-refractivity contribution in [1.29, 1.82) is 0 Å². The summed E-state index contributed by atoms with van der Waals surface area (Å²) in [6.45, 7) is 2.06. The van der Waals surface area contributed by atoms with Crippen molar-refractivity contribution >= 4 is 16.0 Å². The summed E-state index contributed by atoms with van der Waals surface area (Å²) in [6.07, 6.45) is 5.37. The van der Waals surface area contributed by atoms with Gasteiger partial charge in [-0.2, -0.15) is 4.98 Å². The number of rotatable bonds is 7. The first-order valence-electron chi connectivity index (χ1n) is 7.54. The smallest absolute Gasteiger partial charge is 0.265 e. The highest BCUT2D eigenvalue weighted by molar-refractivity contribution is 7.88. The number of hydrogen-bond donors (Lipinski definition) is 1. The number of hydrogen-bond acceptors (Lipinski definition) is 7. The van der Waals surface area contributed by atoms with E-state index in [1.165, 1.54) is 12.7 Å². The van der Waals surface area contributed by atoms with E-state index in [4.69, 9.17) is 4.52 Å². The van der Waals surface area contributed by atoms with Gasteiger partial charge in [0.15, 0.2) is 0 Å². The fourth-order valence-electron chi connectivity index (χ4n) is 2.67. The van der Waals surface area contributed by atoms with Gasteiger partial charge in [-0.25, -0.2) is 13.1 Å². The lowest BCUT2D eigenvalue weighted by Crippen LogP contribution is -2.41. The van der Waals surface area contributed by atoms with E-state index >= 15 is 0 Å². The van der Waals surface area contributed by atoms with Crippen molar-refractivity contribution in [2.45, 2.75) is 38.3 Å². The Labute approximate surface area is 131 Å². The second-order valence-corrected chi connectivity index (χ2v) is 7.79. The highest BCUT2D eigenvalue weighted by Gasteiger charge is 2.24. The predicted molar refractivity (Wildman–Crippen MR) is 84.1 cm³/mol. The molecule has 22 heavy (non-hydrogen) atoms. The van der Waals surface area contributed by atoms with Gasteiger partial charge in [0, 0.05) is 26.7 Å². The number of likely N-dealkylation sites (tertiary alicyclic amines) is 1. The van der Waals surface area contributed by atoms with E-state index in [1.54, 1.807) is 4.90 Å². The molecule has 1 aliphatic rings. The van der Waals surface area contributed by atoms with E-state index in [0.717, 1.165) is 25.8 Å². The average Bonchev–Trinajstić information content (AvgIpc) is 2.88. The highest BCUT2D eigenvalue weighted by atomic mass is 32.2. The molecular formula is C13H25N5O3S. The summed E-state index contributed by atoms with van der Waals surface area (Å²) in [5, 5.41) is 3.92. The largest absolute Gasteiger partial charge is 0.344 e. The lowest BCUT2D eigenvalue weighted by molar-refractivity contribution is 0.118. The minimum absolute atomic E-state index is 0.345. The molecule has 1 aromatic rings. The normalized spacial score (nSPS) is 20.2. The van der Waals surface area contributed by atoms with E-state index in [2.05, 4.69) is 19.8 Å². The van der Waals surface area contributed by atoms with Crippen LogP contribution in [0, 0.1) is 0 Å². The highest BCUT2D eigenvalue weighted by Crippen LogP contribution is 2.21. The summed E-state index contributed by atoms with van der Waals surface area (Å²) < 4.78 is 30.1. The fraction of sp³-hybridized carbons (Fsp3) is 0.846. The maximum atomic E-state index is 11.1. The van der Waals surface area contributed by atoms with Gasteiger partial charge in [-0.15, -0.1) is 0 Å². The molecule has 0 spiro atoms. The van der Waals surface area contributed by atoms with Crippen molar-refractivity contribution in [3.8, 4) is 0 Å². The fourth-order valence-corrected chi connectivity index (χ4v) is 3.16. The van der Waals surface area contributed by atoms with Crippen LogP contribution in [-0.4, -0.2) is 62.9 Å².